The molecule has 4 nitrogen and oxygen atoms in total. The second-order valence-corrected chi connectivity index (χ2v) is 7.00. The standard InChI is InChI=1S/C20H20N4/c1-12-8-7-9-14-17(12)13(2)20(3,4)22-18(14)19-21-15-10-5-6-11-16(15)23-24-19/h5-11,13H,1-4H3. The average molecular weight is 316 g/mol. The summed E-state index contributed by atoms with van der Waals surface area (Å²) in [6, 6.07) is 14.1. The van der Waals surface area contributed by atoms with Gasteiger partial charge in [0, 0.05) is 11.5 Å². The Morgan fingerprint density at radius 3 is 2.46 bits per heavy atom. The molecule has 0 amide bonds. The van der Waals surface area contributed by atoms with E-state index in [1.807, 2.05) is 24.3 Å². The van der Waals surface area contributed by atoms with Gasteiger partial charge in [-0.2, -0.15) is 0 Å². The normalized spacial score (nSPS) is 19.0. The molecule has 3 aromatic rings. The molecule has 4 rings (SSSR count). The molecule has 120 valence electrons. The van der Waals surface area contributed by atoms with E-state index in [4.69, 9.17) is 9.98 Å². The van der Waals surface area contributed by atoms with Crippen LogP contribution < -0.4 is 0 Å². The van der Waals surface area contributed by atoms with Gasteiger partial charge >= 0.3 is 0 Å². The first-order valence-electron chi connectivity index (χ1n) is 8.27. The van der Waals surface area contributed by atoms with Crippen LogP contribution in [0.1, 0.15) is 49.2 Å². The summed E-state index contributed by atoms with van der Waals surface area (Å²) < 4.78 is 0. The molecule has 0 spiro atoms. The maximum absolute atomic E-state index is 5.01. The SMILES string of the molecule is Cc1cccc2c1C(C)C(C)(C)N=C2c1nnc2ccccc2n1. The van der Waals surface area contributed by atoms with E-state index in [0.717, 1.165) is 22.3 Å². The third-order valence-corrected chi connectivity index (χ3v) is 5.04. The maximum Gasteiger partial charge on any atom is 0.201 e. The van der Waals surface area contributed by atoms with Gasteiger partial charge in [-0.05, 0) is 44.0 Å². The summed E-state index contributed by atoms with van der Waals surface area (Å²) in [5, 5.41) is 8.68. The second-order valence-electron chi connectivity index (χ2n) is 7.00. The van der Waals surface area contributed by atoms with Gasteiger partial charge in [0.1, 0.15) is 11.2 Å². The highest BCUT2D eigenvalue weighted by molar-refractivity contribution is 6.13. The van der Waals surface area contributed by atoms with E-state index < -0.39 is 0 Å². The minimum atomic E-state index is -0.205. The molecule has 1 aromatic heterocycles. The van der Waals surface area contributed by atoms with Gasteiger partial charge in [-0.1, -0.05) is 37.3 Å². The van der Waals surface area contributed by atoms with Crippen molar-refractivity contribution in [1.29, 1.82) is 0 Å². The van der Waals surface area contributed by atoms with Gasteiger partial charge in [0.15, 0.2) is 0 Å². The topological polar surface area (TPSA) is 51.0 Å². The highest BCUT2D eigenvalue weighted by atomic mass is 15.2. The van der Waals surface area contributed by atoms with E-state index in [2.05, 4.69) is 56.1 Å². The summed E-state index contributed by atoms with van der Waals surface area (Å²) in [4.78, 5) is 9.72. The van der Waals surface area contributed by atoms with Crippen LogP contribution in [0.3, 0.4) is 0 Å². The number of aromatic nitrogens is 3. The van der Waals surface area contributed by atoms with E-state index in [9.17, 15) is 0 Å². The Morgan fingerprint density at radius 1 is 0.917 bits per heavy atom. The Labute approximate surface area is 141 Å². The van der Waals surface area contributed by atoms with Crippen LogP contribution in [0.15, 0.2) is 47.5 Å². The van der Waals surface area contributed by atoms with E-state index in [-0.39, 0.29) is 5.54 Å². The zero-order valence-corrected chi connectivity index (χ0v) is 14.4. The smallest absolute Gasteiger partial charge is 0.201 e. The Kier molecular flexibility index (Phi) is 3.23. The molecular formula is C20H20N4. The van der Waals surface area contributed by atoms with Crippen molar-refractivity contribution < 1.29 is 0 Å². The third kappa shape index (κ3) is 2.21. The predicted molar refractivity (Wildman–Crippen MR) is 96.6 cm³/mol. The van der Waals surface area contributed by atoms with Crippen molar-refractivity contribution in [3.63, 3.8) is 0 Å². The number of aliphatic imine (C=N–C) groups is 1. The van der Waals surface area contributed by atoms with Crippen LogP contribution in [0.25, 0.3) is 11.0 Å². The minimum absolute atomic E-state index is 0.205. The maximum atomic E-state index is 5.01. The number of nitrogens with zero attached hydrogens (tertiary/aromatic N) is 4. The lowest BCUT2D eigenvalue weighted by molar-refractivity contribution is 0.430. The summed E-state index contributed by atoms with van der Waals surface area (Å²) in [5.41, 5.74) is 6.03. The lowest BCUT2D eigenvalue weighted by Crippen LogP contribution is -2.34. The molecular weight excluding hydrogens is 296 g/mol. The molecule has 0 fully saturated rings. The van der Waals surface area contributed by atoms with Gasteiger partial charge in [-0.25, -0.2) is 4.98 Å². The first kappa shape index (κ1) is 14.9. The van der Waals surface area contributed by atoms with Crippen molar-refractivity contribution in [2.75, 3.05) is 0 Å². The van der Waals surface area contributed by atoms with E-state index >= 15 is 0 Å². The number of benzene rings is 2. The molecule has 2 heterocycles. The number of hydrogen-bond acceptors (Lipinski definition) is 4. The zero-order valence-electron chi connectivity index (χ0n) is 14.4. The lowest BCUT2D eigenvalue weighted by atomic mass is 9.76. The third-order valence-electron chi connectivity index (χ3n) is 5.04. The molecule has 4 heteroatoms. The number of rotatable bonds is 1. The molecule has 0 bridgehead atoms. The molecule has 1 aliphatic heterocycles. The highest BCUT2D eigenvalue weighted by Crippen LogP contribution is 2.40. The van der Waals surface area contributed by atoms with Crippen molar-refractivity contribution in [3.05, 3.63) is 65.0 Å². The number of para-hydroxylation sites is 1. The van der Waals surface area contributed by atoms with Crippen LogP contribution in [-0.4, -0.2) is 26.4 Å². The second kappa shape index (κ2) is 5.20. The zero-order chi connectivity index (χ0) is 16.9. The monoisotopic (exact) mass is 316 g/mol. The van der Waals surface area contributed by atoms with Gasteiger partial charge in [0.2, 0.25) is 5.82 Å². The summed E-state index contributed by atoms with van der Waals surface area (Å²) in [7, 11) is 0. The van der Waals surface area contributed by atoms with Crippen LogP contribution in [0.5, 0.6) is 0 Å². The Bertz CT molecular complexity index is 972. The van der Waals surface area contributed by atoms with Gasteiger partial charge in [0.25, 0.3) is 0 Å². The molecule has 0 radical (unpaired) electrons. The predicted octanol–water partition coefficient (Wildman–Crippen LogP) is 4.07. The first-order chi connectivity index (χ1) is 11.5. The van der Waals surface area contributed by atoms with Crippen LogP contribution in [0.4, 0.5) is 0 Å². The average Bonchev–Trinajstić information content (AvgIpc) is 2.58. The number of fused-ring (bicyclic) bond motifs is 2. The van der Waals surface area contributed by atoms with E-state index in [1.54, 1.807) is 0 Å². The Hall–Kier alpha value is -2.62. The Balaban J connectivity index is 1.97. The molecule has 24 heavy (non-hydrogen) atoms. The van der Waals surface area contributed by atoms with Gasteiger partial charge in [-0.15, -0.1) is 10.2 Å². The summed E-state index contributed by atoms with van der Waals surface area (Å²) >= 11 is 0. The largest absolute Gasteiger partial charge is 0.274 e. The minimum Gasteiger partial charge on any atom is -0.274 e. The fourth-order valence-corrected chi connectivity index (χ4v) is 3.41. The molecule has 2 aromatic carbocycles. The van der Waals surface area contributed by atoms with Crippen LogP contribution in [0, 0.1) is 6.92 Å². The van der Waals surface area contributed by atoms with Crippen molar-refractivity contribution in [2.24, 2.45) is 4.99 Å². The van der Waals surface area contributed by atoms with Crippen LogP contribution in [0.2, 0.25) is 0 Å². The molecule has 0 saturated carbocycles. The summed E-state index contributed by atoms with van der Waals surface area (Å²) in [6.07, 6.45) is 0. The van der Waals surface area contributed by atoms with Gasteiger partial charge < -0.3 is 0 Å². The van der Waals surface area contributed by atoms with Crippen LogP contribution in [-0.2, 0) is 0 Å². The quantitative estimate of drug-likeness (QED) is 0.680. The van der Waals surface area contributed by atoms with E-state index in [1.165, 1.54) is 11.1 Å². The van der Waals surface area contributed by atoms with Crippen molar-refractivity contribution in [3.8, 4) is 0 Å². The fraction of sp³-hybridized carbons (Fsp3) is 0.300. The molecule has 1 unspecified atom stereocenters. The molecule has 1 atom stereocenters. The molecule has 0 N–H and O–H groups in total. The molecule has 0 aliphatic carbocycles. The van der Waals surface area contributed by atoms with E-state index in [0.29, 0.717) is 11.7 Å². The molecule has 1 aliphatic rings. The first-order valence-corrected chi connectivity index (χ1v) is 8.27. The van der Waals surface area contributed by atoms with Crippen molar-refractivity contribution in [2.45, 2.75) is 39.2 Å². The summed E-state index contributed by atoms with van der Waals surface area (Å²) in [6.45, 7) is 8.74. The van der Waals surface area contributed by atoms with Crippen molar-refractivity contribution in [1.82, 2.24) is 15.2 Å². The fourth-order valence-electron chi connectivity index (χ4n) is 3.41. The number of hydrogen-bond donors (Lipinski definition) is 0. The molecule has 0 saturated heterocycles. The lowest BCUT2D eigenvalue weighted by Gasteiger charge is -2.36. The Morgan fingerprint density at radius 2 is 1.67 bits per heavy atom. The van der Waals surface area contributed by atoms with Crippen molar-refractivity contribution >= 4 is 16.7 Å². The highest BCUT2D eigenvalue weighted by Gasteiger charge is 2.36. The van der Waals surface area contributed by atoms with Gasteiger partial charge in [-0.3, -0.25) is 4.99 Å². The van der Waals surface area contributed by atoms with Gasteiger partial charge in [0.05, 0.1) is 11.1 Å². The summed E-state index contributed by atoms with van der Waals surface area (Å²) in [5.74, 6) is 0.936. The van der Waals surface area contributed by atoms with Crippen LogP contribution >= 0.6 is 0 Å². The number of aryl methyl sites for hydroxylation is 1.